The van der Waals surface area contributed by atoms with Crippen molar-refractivity contribution in [3.63, 3.8) is 0 Å². The molecule has 1 aromatic carbocycles. The van der Waals surface area contributed by atoms with E-state index in [1.54, 1.807) is 12.1 Å². The van der Waals surface area contributed by atoms with E-state index in [2.05, 4.69) is 25.5 Å². The van der Waals surface area contributed by atoms with Crippen LogP contribution in [0.3, 0.4) is 0 Å². The minimum absolute atomic E-state index is 0.164. The minimum atomic E-state index is -2.84. The summed E-state index contributed by atoms with van der Waals surface area (Å²) in [6.07, 6.45) is 8.19. The molecular weight excluding hydrogens is 452 g/mol. The number of hydrogen-bond acceptors (Lipinski definition) is 6. The van der Waals surface area contributed by atoms with Gasteiger partial charge in [-0.2, -0.15) is 8.78 Å². The lowest BCUT2D eigenvalue weighted by Crippen LogP contribution is -2.37. The van der Waals surface area contributed by atoms with E-state index < -0.39 is 6.61 Å². The summed E-state index contributed by atoms with van der Waals surface area (Å²) >= 11 is 0. The molecule has 7 nitrogen and oxygen atoms in total. The number of aromatic nitrogens is 4. The van der Waals surface area contributed by atoms with Crippen LogP contribution in [0.4, 0.5) is 14.7 Å². The van der Waals surface area contributed by atoms with Crippen LogP contribution in [0.5, 0.6) is 5.75 Å². The van der Waals surface area contributed by atoms with Gasteiger partial charge in [-0.1, -0.05) is 18.2 Å². The van der Waals surface area contributed by atoms with Crippen molar-refractivity contribution in [2.24, 2.45) is 0 Å². The van der Waals surface area contributed by atoms with Crippen LogP contribution in [0.25, 0.3) is 16.8 Å². The van der Waals surface area contributed by atoms with Gasteiger partial charge in [-0.15, -0.1) is 0 Å². The van der Waals surface area contributed by atoms with E-state index in [1.165, 1.54) is 0 Å². The van der Waals surface area contributed by atoms with Crippen LogP contribution in [0.1, 0.15) is 29.3 Å². The first kappa shape index (κ1) is 21.9. The number of hydrogen-bond donors (Lipinski definition) is 0. The van der Waals surface area contributed by atoms with E-state index in [1.807, 2.05) is 36.7 Å². The normalized spacial score (nSPS) is 17.8. The van der Waals surface area contributed by atoms with Crippen LogP contribution in [0.15, 0.2) is 55.0 Å². The maximum absolute atomic E-state index is 12.9. The van der Waals surface area contributed by atoms with Crippen LogP contribution in [-0.2, 0) is 17.6 Å². The van der Waals surface area contributed by atoms with E-state index in [9.17, 15) is 8.78 Å². The number of morpholine rings is 1. The predicted octanol–water partition coefficient (Wildman–Crippen LogP) is 4.50. The van der Waals surface area contributed by atoms with E-state index in [0.29, 0.717) is 25.6 Å². The quantitative estimate of drug-likeness (QED) is 0.408. The predicted molar refractivity (Wildman–Crippen MR) is 127 cm³/mol. The molecule has 180 valence electrons. The fourth-order valence-electron chi connectivity index (χ4n) is 5.09. The molecule has 4 heterocycles. The average Bonchev–Trinajstić information content (AvgIpc) is 3.45. The van der Waals surface area contributed by atoms with Crippen molar-refractivity contribution in [1.82, 2.24) is 19.4 Å². The number of rotatable bonds is 6. The summed E-state index contributed by atoms with van der Waals surface area (Å²) in [5, 5.41) is 0. The summed E-state index contributed by atoms with van der Waals surface area (Å²) < 4.78 is 38.1. The smallest absolute Gasteiger partial charge is 0.387 e. The molecule has 0 spiro atoms. The Morgan fingerprint density at radius 3 is 2.63 bits per heavy atom. The van der Waals surface area contributed by atoms with Gasteiger partial charge in [0, 0.05) is 54.4 Å². The molecule has 0 radical (unpaired) electrons. The van der Waals surface area contributed by atoms with Gasteiger partial charge in [0.2, 0.25) is 5.95 Å². The number of imidazole rings is 1. The number of nitrogens with zero attached hydrogens (tertiary/aromatic N) is 5. The Morgan fingerprint density at radius 2 is 1.83 bits per heavy atom. The van der Waals surface area contributed by atoms with Crippen LogP contribution in [-0.4, -0.2) is 52.3 Å². The molecule has 1 aliphatic heterocycles. The van der Waals surface area contributed by atoms with E-state index in [0.717, 1.165) is 59.7 Å². The average molecular weight is 478 g/mol. The summed E-state index contributed by atoms with van der Waals surface area (Å²) in [4.78, 5) is 16.1. The molecule has 3 aromatic heterocycles. The van der Waals surface area contributed by atoms with Gasteiger partial charge in [0.1, 0.15) is 11.4 Å². The third-order valence-corrected chi connectivity index (χ3v) is 6.77. The highest BCUT2D eigenvalue weighted by Gasteiger charge is 2.29. The summed E-state index contributed by atoms with van der Waals surface area (Å²) in [5.41, 5.74) is 5.79. The monoisotopic (exact) mass is 477 g/mol. The molecule has 2 aliphatic rings. The fourth-order valence-corrected chi connectivity index (χ4v) is 5.09. The Balaban J connectivity index is 1.29. The van der Waals surface area contributed by atoms with E-state index in [4.69, 9.17) is 14.5 Å². The van der Waals surface area contributed by atoms with Gasteiger partial charge in [0.05, 0.1) is 18.9 Å². The molecule has 1 unspecified atom stereocenters. The van der Waals surface area contributed by atoms with Crippen molar-refractivity contribution < 1.29 is 18.3 Å². The second-order valence-electron chi connectivity index (χ2n) is 8.89. The first-order valence-electron chi connectivity index (χ1n) is 11.8. The Morgan fingerprint density at radius 1 is 1.03 bits per heavy atom. The van der Waals surface area contributed by atoms with Crippen molar-refractivity contribution in [2.45, 2.75) is 31.8 Å². The van der Waals surface area contributed by atoms with Gasteiger partial charge >= 0.3 is 6.61 Å². The lowest BCUT2D eigenvalue weighted by molar-refractivity contribution is -0.0504. The molecule has 35 heavy (non-hydrogen) atoms. The van der Waals surface area contributed by atoms with E-state index >= 15 is 0 Å². The van der Waals surface area contributed by atoms with Crippen molar-refractivity contribution in [2.75, 3.05) is 31.2 Å². The van der Waals surface area contributed by atoms with Gasteiger partial charge in [-0.3, -0.25) is 0 Å². The number of ether oxygens (including phenoxy) is 2. The fraction of sp³-hybridized carbons (Fsp3) is 0.346. The number of pyridine rings is 1. The van der Waals surface area contributed by atoms with Gasteiger partial charge in [0.25, 0.3) is 0 Å². The zero-order chi connectivity index (χ0) is 23.8. The SMILES string of the molecule is FC(F)Oc1ccccc1CC1CCc2nc3ccc(-c4cnc(N5CCOCC5)nc4)cn3c21. The number of aryl methyl sites for hydroxylation is 1. The van der Waals surface area contributed by atoms with Crippen LogP contribution in [0, 0.1) is 0 Å². The zero-order valence-electron chi connectivity index (χ0n) is 19.1. The van der Waals surface area contributed by atoms with Gasteiger partial charge in [-0.05, 0) is 43.0 Å². The topological polar surface area (TPSA) is 64.8 Å². The molecule has 0 N–H and O–H groups in total. The van der Waals surface area contributed by atoms with Gasteiger partial charge in [-0.25, -0.2) is 15.0 Å². The maximum atomic E-state index is 12.9. The zero-order valence-corrected chi connectivity index (χ0v) is 19.1. The number of anilines is 1. The van der Waals surface area contributed by atoms with Gasteiger partial charge < -0.3 is 18.8 Å². The van der Waals surface area contributed by atoms with Crippen molar-refractivity contribution >= 4 is 11.6 Å². The Bertz CT molecular complexity index is 1340. The molecule has 1 saturated heterocycles. The molecular formula is C26H25F2N5O2. The first-order valence-corrected chi connectivity index (χ1v) is 11.8. The Kier molecular flexibility index (Phi) is 5.77. The third-order valence-electron chi connectivity index (χ3n) is 6.77. The van der Waals surface area contributed by atoms with Crippen molar-refractivity contribution in [3.05, 3.63) is 71.9 Å². The summed E-state index contributed by atoms with van der Waals surface area (Å²) in [6.45, 7) is 0.116. The highest BCUT2D eigenvalue weighted by atomic mass is 19.3. The molecule has 9 heteroatoms. The number of para-hydroxylation sites is 1. The number of benzene rings is 1. The van der Waals surface area contributed by atoms with Gasteiger partial charge in [0.15, 0.2) is 0 Å². The molecule has 6 rings (SSSR count). The standard InChI is InChI=1S/C26H25F2N5O2/c27-25(28)35-22-4-2-1-3-17(22)13-18-5-7-21-24(18)33-16-19(6-8-23(33)31-21)20-14-29-26(30-15-20)32-9-11-34-12-10-32/h1-4,6,8,14-16,18,25H,5,7,9-13H2. The lowest BCUT2D eigenvalue weighted by atomic mass is 9.96. The molecule has 1 atom stereocenters. The number of fused-ring (bicyclic) bond motifs is 3. The van der Waals surface area contributed by atoms with Crippen LogP contribution < -0.4 is 9.64 Å². The lowest BCUT2D eigenvalue weighted by Gasteiger charge is -2.26. The summed E-state index contributed by atoms with van der Waals surface area (Å²) in [5.74, 6) is 1.12. The maximum Gasteiger partial charge on any atom is 0.387 e. The Hall–Kier alpha value is -3.59. The summed E-state index contributed by atoms with van der Waals surface area (Å²) in [7, 11) is 0. The highest BCUT2D eigenvalue weighted by molar-refractivity contribution is 5.64. The number of alkyl halides is 2. The molecule has 1 aliphatic carbocycles. The molecule has 0 amide bonds. The second-order valence-corrected chi connectivity index (χ2v) is 8.89. The second kappa shape index (κ2) is 9.22. The van der Waals surface area contributed by atoms with Crippen LogP contribution >= 0.6 is 0 Å². The van der Waals surface area contributed by atoms with E-state index in [-0.39, 0.29) is 11.7 Å². The number of halogens is 2. The highest BCUT2D eigenvalue weighted by Crippen LogP contribution is 2.38. The molecule has 4 aromatic rings. The largest absolute Gasteiger partial charge is 0.435 e. The third kappa shape index (κ3) is 4.32. The minimum Gasteiger partial charge on any atom is -0.435 e. The molecule has 1 fully saturated rings. The molecule has 0 bridgehead atoms. The van der Waals surface area contributed by atoms with Crippen LogP contribution in [0.2, 0.25) is 0 Å². The van der Waals surface area contributed by atoms with Crippen molar-refractivity contribution in [3.8, 4) is 16.9 Å². The first-order chi connectivity index (χ1) is 17.2. The van der Waals surface area contributed by atoms with Crippen molar-refractivity contribution in [1.29, 1.82) is 0 Å². The molecule has 0 saturated carbocycles. The summed E-state index contributed by atoms with van der Waals surface area (Å²) in [6, 6.07) is 11.1. The Labute approximate surface area is 201 Å².